The lowest BCUT2D eigenvalue weighted by atomic mass is 9.92. The maximum atomic E-state index is 8.98. The molecule has 0 aliphatic heterocycles. The van der Waals surface area contributed by atoms with Crippen LogP contribution in [-0.4, -0.2) is 16.7 Å². The van der Waals surface area contributed by atoms with Gasteiger partial charge in [-0.1, -0.05) is 36.4 Å². The number of aliphatic hydroxyl groups excluding tert-OH is 1. The van der Waals surface area contributed by atoms with Gasteiger partial charge in [0.1, 0.15) is 0 Å². The third-order valence-corrected chi connectivity index (χ3v) is 3.98. The van der Waals surface area contributed by atoms with E-state index in [0.29, 0.717) is 0 Å². The predicted molar refractivity (Wildman–Crippen MR) is 87.3 cm³/mol. The summed E-state index contributed by atoms with van der Waals surface area (Å²) in [5.41, 5.74) is 4.85. The average Bonchev–Trinajstić information content (AvgIpc) is 2.96. The number of aromatic nitrogens is 1. The number of rotatable bonds is 5. The lowest BCUT2D eigenvalue weighted by molar-refractivity contribution is 0.288. The first kappa shape index (κ1) is 13.9. The Morgan fingerprint density at radius 1 is 1.10 bits per heavy atom. The smallest absolute Gasteiger partial charge is 0.0457 e. The zero-order valence-electron chi connectivity index (χ0n) is 12.0. The molecular formula is C19H20NO. The van der Waals surface area contributed by atoms with Crippen LogP contribution in [0, 0.1) is 6.92 Å². The van der Waals surface area contributed by atoms with Crippen molar-refractivity contribution >= 4 is 10.9 Å². The van der Waals surface area contributed by atoms with Crippen molar-refractivity contribution < 1.29 is 5.11 Å². The highest BCUT2D eigenvalue weighted by Gasteiger charge is 2.13. The number of hydrogen-bond donors (Lipinski definition) is 2. The summed E-state index contributed by atoms with van der Waals surface area (Å²) in [5, 5.41) is 10.2. The van der Waals surface area contributed by atoms with Crippen molar-refractivity contribution in [2.45, 2.75) is 18.8 Å². The monoisotopic (exact) mass is 278 g/mol. The van der Waals surface area contributed by atoms with E-state index in [4.69, 9.17) is 5.11 Å². The molecule has 1 atom stereocenters. The molecule has 0 aliphatic carbocycles. The van der Waals surface area contributed by atoms with Gasteiger partial charge in [0.25, 0.3) is 0 Å². The fraction of sp³-hybridized carbons (Fsp3) is 0.211. The number of nitrogens with one attached hydrogen (secondary N) is 1. The van der Waals surface area contributed by atoms with Gasteiger partial charge in [0.05, 0.1) is 0 Å². The van der Waals surface area contributed by atoms with Crippen molar-refractivity contribution in [3.8, 4) is 0 Å². The molecule has 2 N–H and O–H groups in total. The number of fused-ring (bicyclic) bond motifs is 1. The second-order valence-electron chi connectivity index (χ2n) is 5.41. The summed E-state index contributed by atoms with van der Waals surface area (Å²) in [4.78, 5) is 3.33. The highest BCUT2D eigenvalue weighted by molar-refractivity contribution is 5.85. The van der Waals surface area contributed by atoms with Crippen LogP contribution in [0.5, 0.6) is 0 Å². The van der Waals surface area contributed by atoms with E-state index in [1.54, 1.807) is 0 Å². The van der Waals surface area contributed by atoms with Crippen LogP contribution in [0.1, 0.15) is 29.0 Å². The second-order valence-corrected chi connectivity index (χ2v) is 5.41. The van der Waals surface area contributed by atoms with Gasteiger partial charge >= 0.3 is 0 Å². The van der Waals surface area contributed by atoms with Crippen LogP contribution in [0.3, 0.4) is 0 Å². The SMILES string of the molecule is [CH2]C(c1ccccc1)c1c[nH]c2ccc(CCCO)cc12. The van der Waals surface area contributed by atoms with Gasteiger partial charge in [-0.15, -0.1) is 0 Å². The van der Waals surface area contributed by atoms with Crippen molar-refractivity contribution in [2.75, 3.05) is 6.61 Å². The lowest BCUT2D eigenvalue weighted by Gasteiger charge is -2.11. The van der Waals surface area contributed by atoms with Crippen LogP contribution in [0.2, 0.25) is 0 Å². The summed E-state index contributed by atoms with van der Waals surface area (Å²) in [6.45, 7) is 4.57. The van der Waals surface area contributed by atoms with Crippen molar-refractivity contribution in [1.29, 1.82) is 0 Å². The van der Waals surface area contributed by atoms with E-state index in [1.807, 2.05) is 6.07 Å². The second kappa shape index (κ2) is 6.15. The molecule has 3 rings (SSSR count). The molecule has 107 valence electrons. The van der Waals surface area contributed by atoms with Crippen LogP contribution in [0.25, 0.3) is 10.9 Å². The zero-order chi connectivity index (χ0) is 14.7. The van der Waals surface area contributed by atoms with Crippen LogP contribution in [0.15, 0.2) is 54.7 Å². The first-order valence-electron chi connectivity index (χ1n) is 7.38. The summed E-state index contributed by atoms with van der Waals surface area (Å²) in [6.07, 6.45) is 3.77. The van der Waals surface area contributed by atoms with Crippen LogP contribution >= 0.6 is 0 Å². The Balaban J connectivity index is 1.98. The zero-order valence-corrected chi connectivity index (χ0v) is 12.0. The quantitative estimate of drug-likeness (QED) is 0.725. The van der Waals surface area contributed by atoms with Gasteiger partial charge in [-0.25, -0.2) is 0 Å². The summed E-state index contributed by atoms with van der Waals surface area (Å²) >= 11 is 0. The van der Waals surface area contributed by atoms with Crippen molar-refractivity contribution in [3.05, 3.63) is 78.3 Å². The van der Waals surface area contributed by atoms with Gasteiger partial charge in [-0.2, -0.15) is 0 Å². The average molecular weight is 278 g/mol. The van der Waals surface area contributed by atoms with E-state index in [2.05, 4.69) is 60.6 Å². The number of aliphatic hydroxyl groups is 1. The Morgan fingerprint density at radius 3 is 2.67 bits per heavy atom. The fourth-order valence-corrected chi connectivity index (χ4v) is 2.78. The van der Waals surface area contributed by atoms with Crippen LogP contribution in [-0.2, 0) is 6.42 Å². The summed E-state index contributed by atoms with van der Waals surface area (Å²) in [6, 6.07) is 16.8. The largest absolute Gasteiger partial charge is 0.396 e. The molecule has 0 saturated heterocycles. The Kier molecular flexibility index (Phi) is 4.07. The van der Waals surface area contributed by atoms with Gasteiger partial charge in [0.15, 0.2) is 0 Å². The summed E-state index contributed by atoms with van der Waals surface area (Å²) in [5.74, 6) is 0.119. The molecule has 0 saturated carbocycles. The fourth-order valence-electron chi connectivity index (χ4n) is 2.78. The molecule has 3 aromatic rings. The maximum absolute atomic E-state index is 8.98. The molecule has 2 heteroatoms. The Bertz CT molecular complexity index is 715. The summed E-state index contributed by atoms with van der Waals surface area (Å²) in [7, 11) is 0. The molecule has 0 amide bonds. The first-order valence-corrected chi connectivity index (χ1v) is 7.38. The van der Waals surface area contributed by atoms with E-state index < -0.39 is 0 Å². The Hall–Kier alpha value is -2.06. The molecular weight excluding hydrogens is 258 g/mol. The highest BCUT2D eigenvalue weighted by Crippen LogP contribution is 2.30. The van der Waals surface area contributed by atoms with E-state index >= 15 is 0 Å². The van der Waals surface area contributed by atoms with Crippen molar-refractivity contribution in [3.63, 3.8) is 0 Å². The molecule has 1 radical (unpaired) electrons. The number of aryl methyl sites for hydroxylation is 1. The number of aromatic amines is 1. The third-order valence-electron chi connectivity index (χ3n) is 3.98. The lowest BCUT2D eigenvalue weighted by Crippen LogP contribution is -1.95. The van der Waals surface area contributed by atoms with Crippen LogP contribution < -0.4 is 0 Å². The van der Waals surface area contributed by atoms with E-state index in [1.165, 1.54) is 22.1 Å². The molecule has 21 heavy (non-hydrogen) atoms. The van der Waals surface area contributed by atoms with E-state index in [9.17, 15) is 0 Å². The number of hydrogen-bond acceptors (Lipinski definition) is 1. The van der Waals surface area contributed by atoms with Crippen LogP contribution in [0.4, 0.5) is 0 Å². The molecule has 1 aromatic heterocycles. The molecule has 2 nitrogen and oxygen atoms in total. The van der Waals surface area contributed by atoms with E-state index in [-0.39, 0.29) is 12.5 Å². The van der Waals surface area contributed by atoms with Crippen molar-refractivity contribution in [2.24, 2.45) is 0 Å². The third kappa shape index (κ3) is 2.86. The van der Waals surface area contributed by atoms with Gasteiger partial charge in [-0.05, 0) is 48.6 Å². The molecule has 1 unspecified atom stereocenters. The van der Waals surface area contributed by atoms with Gasteiger partial charge in [0.2, 0.25) is 0 Å². The van der Waals surface area contributed by atoms with Crippen molar-refractivity contribution in [1.82, 2.24) is 4.98 Å². The highest BCUT2D eigenvalue weighted by atomic mass is 16.2. The predicted octanol–water partition coefficient (Wildman–Crippen LogP) is 4.06. The molecule has 0 spiro atoms. The normalized spacial score (nSPS) is 12.7. The maximum Gasteiger partial charge on any atom is 0.0457 e. The molecule has 2 aromatic carbocycles. The van der Waals surface area contributed by atoms with Gasteiger partial charge < -0.3 is 10.1 Å². The minimum atomic E-state index is 0.119. The van der Waals surface area contributed by atoms with Gasteiger partial charge in [0, 0.05) is 29.6 Å². The minimum absolute atomic E-state index is 0.119. The summed E-state index contributed by atoms with van der Waals surface area (Å²) < 4.78 is 0. The van der Waals surface area contributed by atoms with Gasteiger partial charge in [-0.3, -0.25) is 0 Å². The Morgan fingerprint density at radius 2 is 1.90 bits per heavy atom. The van der Waals surface area contributed by atoms with E-state index in [0.717, 1.165) is 18.4 Å². The number of benzene rings is 2. The topological polar surface area (TPSA) is 36.0 Å². The Labute approximate surface area is 125 Å². The first-order chi connectivity index (χ1) is 10.3. The molecule has 0 bridgehead atoms. The standard InChI is InChI=1S/C19H20NO/c1-14(16-7-3-2-4-8-16)18-13-20-19-10-9-15(6-5-11-21)12-17(18)19/h2-4,7-10,12-14,20-21H,1,5-6,11H2. The molecule has 0 aliphatic rings. The minimum Gasteiger partial charge on any atom is -0.396 e. The number of H-pyrrole nitrogens is 1. The molecule has 0 fully saturated rings. The molecule has 1 heterocycles.